The molecular weight excluding hydrogens is 346 g/mol. The molecule has 5 heteroatoms. The van der Waals surface area contributed by atoms with Crippen LogP contribution in [-0.2, 0) is 18.3 Å². The molecule has 0 saturated heterocycles. The van der Waals surface area contributed by atoms with Gasteiger partial charge in [0, 0.05) is 23.9 Å². The Morgan fingerprint density at radius 1 is 1.08 bits per heavy atom. The summed E-state index contributed by atoms with van der Waals surface area (Å²) in [4.78, 5) is 9.66. The van der Waals surface area contributed by atoms with E-state index in [2.05, 4.69) is 39.9 Å². The zero-order valence-electron chi connectivity index (χ0n) is 17.9. The standard InChI is InChI=1S/C19H33N3O.C2H6.ClH/c1-6-8-14(7-2)13-23-17-15-9-11-20-12-10-16(15)21-18(22-17)19(3,4)5;1-2;/h14,20H,6-13H2,1-5H3;1-2H3;1H. The van der Waals surface area contributed by atoms with Gasteiger partial charge in [0.2, 0.25) is 5.88 Å². The summed E-state index contributed by atoms with van der Waals surface area (Å²) in [6.07, 6.45) is 5.51. The van der Waals surface area contributed by atoms with Crippen molar-refractivity contribution in [2.45, 2.75) is 86.0 Å². The summed E-state index contributed by atoms with van der Waals surface area (Å²) in [5.41, 5.74) is 2.34. The lowest BCUT2D eigenvalue weighted by molar-refractivity contribution is 0.223. The number of fused-ring (bicyclic) bond motifs is 1. The lowest BCUT2D eigenvalue weighted by atomic mass is 9.95. The van der Waals surface area contributed by atoms with Crippen molar-refractivity contribution in [2.24, 2.45) is 5.92 Å². The van der Waals surface area contributed by atoms with Crippen LogP contribution in [0.1, 0.15) is 84.8 Å². The molecule has 0 aromatic carbocycles. The van der Waals surface area contributed by atoms with Gasteiger partial charge in [0.15, 0.2) is 0 Å². The Kier molecular flexibility index (Phi) is 12.1. The minimum atomic E-state index is -0.0551. The van der Waals surface area contributed by atoms with Gasteiger partial charge in [-0.3, -0.25) is 0 Å². The molecule has 152 valence electrons. The maximum atomic E-state index is 6.22. The Balaban J connectivity index is 0.00000201. The van der Waals surface area contributed by atoms with E-state index in [1.165, 1.54) is 24.1 Å². The molecule has 0 saturated carbocycles. The van der Waals surface area contributed by atoms with Crippen LogP contribution < -0.4 is 10.1 Å². The van der Waals surface area contributed by atoms with Crippen molar-refractivity contribution in [1.29, 1.82) is 0 Å². The molecule has 1 aliphatic heterocycles. The summed E-state index contributed by atoms with van der Waals surface area (Å²) in [6.45, 7) is 17.7. The van der Waals surface area contributed by atoms with Gasteiger partial charge in [0.05, 0.1) is 12.3 Å². The number of nitrogens with zero attached hydrogens (tertiary/aromatic N) is 2. The molecule has 1 aromatic rings. The van der Waals surface area contributed by atoms with Gasteiger partial charge in [-0.15, -0.1) is 12.4 Å². The highest BCUT2D eigenvalue weighted by molar-refractivity contribution is 5.85. The van der Waals surface area contributed by atoms with Crippen molar-refractivity contribution >= 4 is 12.4 Å². The van der Waals surface area contributed by atoms with Crippen LogP contribution in [0.3, 0.4) is 0 Å². The third-order valence-electron chi connectivity index (χ3n) is 4.55. The first-order valence-corrected chi connectivity index (χ1v) is 10.2. The quantitative estimate of drug-likeness (QED) is 0.738. The average molecular weight is 386 g/mol. The molecule has 4 nitrogen and oxygen atoms in total. The first-order valence-electron chi connectivity index (χ1n) is 10.2. The highest BCUT2D eigenvalue weighted by atomic mass is 35.5. The molecule has 2 rings (SSSR count). The largest absolute Gasteiger partial charge is 0.477 e. The number of nitrogens with one attached hydrogen (secondary N) is 1. The van der Waals surface area contributed by atoms with Gasteiger partial charge in [-0.1, -0.05) is 61.3 Å². The summed E-state index contributed by atoms with van der Waals surface area (Å²) < 4.78 is 6.22. The zero-order chi connectivity index (χ0) is 18.9. The van der Waals surface area contributed by atoms with Gasteiger partial charge < -0.3 is 10.1 Å². The van der Waals surface area contributed by atoms with Gasteiger partial charge >= 0.3 is 0 Å². The predicted molar refractivity (Wildman–Crippen MR) is 114 cm³/mol. The van der Waals surface area contributed by atoms with Crippen LogP contribution in [-0.4, -0.2) is 29.7 Å². The Bertz CT molecular complexity index is 515. The molecule has 0 radical (unpaired) electrons. The van der Waals surface area contributed by atoms with Crippen molar-refractivity contribution in [1.82, 2.24) is 15.3 Å². The number of halogens is 1. The average Bonchev–Trinajstić information content (AvgIpc) is 2.84. The van der Waals surface area contributed by atoms with E-state index in [1.54, 1.807) is 0 Å². The molecule has 1 aliphatic rings. The Morgan fingerprint density at radius 3 is 2.31 bits per heavy atom. The van der Waals surface area contributed by atoms with E-state index in [-0.39, 0.29) is 17.8 Å². The molecule has 1 aromatic heterocycles. The fraction of sp³-hybridized carbons (Fsp3) is 0.810. The fourth-order valence-electron chi connectivity index (χ4n) is 2.98. The van der Waals surface area contributed by atoms with Crippen LogP contribution in [0.25, 0.3) is 0 Å². The van der Waals surface area contributed by atoms with Crippen LogP contribution >= 0.6 is 12.4 Å². The van der Waals surface area contributed by atoms with Crippen LogP contribution in [0.2, 0.25) is 0 Å². The molecule has 2 heterocycles. The molecule has 0 fully saturated rings. The first-order chi connectivity index (χ1) is 12.0. The van der Waals surface area contributed by atoms with E-state index in [4.69, 9.17) is 14.7 Å². The minimum absolute atomic E-state index is 0. The maximum Gasteiger partial charge on any atom is 0.220 e. The van der Waals surface area contributed by atoms with Gasteiger partial charge in [-0.05, 0) is 25.3 Å². The van der Waals surface area contributed by atoms with Crippen molar-refractivity contribution in [3.63, 3.8) is 0 Å². The van der Waals surface area contributed by atoms with Crippen molar-refractivity contribution in [2.75, 3.05) is 19.7 Å². The van der Waals surface area contributed by atoms with E-state index in [9.17, 15) is 0 Å². The summed E-state index contributed by atoms with van der Waals surface area (Å²) in [7, 11) is 0. The number of aromatic nitrogens is 2. The molecule has 0 amide bonds. The van der Waals surface area contributed by atoms with Crippen LogP contribution in [0, 0.1) is 5.92 Å². The second kappa shape index (κ2) is 12.5. The number of hydrogen-bond acceptors (Lipinski definition) is 4. The zero-order valence-corrected chi connectivity index (χ0v) is 18.8. The third kappa shape index (κ3) is 7.40. The molecule has 0 spiro atoms. The van der Waals surface area contributed by atoms with Crippen molar-refractivity contribution in [3.05, 3.63) is 17.1 Å². The summed E-state index contributed by atoms with van der Waals surface area (Å²) in [6, 6.07) is 0. The fourth-order valence-corrected chi connectivity index (χ4v) is 2.98. The second-order valence-corrected chi connectivity index (χ2v) is 7.65. The second-order valence-electron chi connectivity index (χ2n) is 7.65. The topological polar surface area (TPSA) is 47.0 Å². The normalized spacial score (nSPS) is 14.9. The lowest BCUT2D eigenvalue weighted by Crippen LogP contribution is -2.21. The molecule has 1 atom stereocenters. The highest BCUT2D eigenvalue weighted by Crippen LogP contribution is 2.27. The molecule has 0 bridgehead atoms. The van der Waals surface area contributed by atoms with Crippen molar-refractivity contribution in [3.8, 4) is 5.88 Å². The maximum absolute atomic E-state index is 6.22. The first kappa shape index (κ1) is 25.1. The van der Waals surface area contributed by atoms with E-state index in [0.29, 0.717) is 5.92 Å². The van der Waals surface area contributed by atoms with Crippen LogP contribution in [0.5, 0.6) is 5.88 Å². The predicted octanol–water partition coefficient (Wildman–Crippen LogP) is 5.12. The molecular formula is C21H40ClN3O. The smallest absolute Gasteiger partial charge is 0.220 e. The third-order valence-corrected chi connectivity index (χ3v) is 4.55. The van der Waals surface area contributed by atoms with Gasteiger partial charge in [-0.25, -0.2) is 4.98 Å². The van der Waals surface area contributed by atoms with E-state index in [1.807, 2.05) is 13.8 Å². The summed E-state index contributed by atoms with van der Waals surface area (Å²) in [5.74, 6) is 2.35. The minimum Gasteiger partial charge on any atom is -0.477 e. The monoisotopic (exact) mass is 385 g/mol. The van der Waals surface area contributed by atoms with Crippen molar-refractivity contribution < 1.29 is 4.74 Å². The van der Waals surface area contributed by atoms with E-state index < -0.39 is 0 Å². The molecule has 1 N–H and O–H groups in total. The SMILES string of the molecule is CC.CCCC(CC)COc1nc(C(C)(C)C)nc2c1CCNCC2.Cl. The molecule has 1 unspecified atom stereocenters. The summed E-state index contributed by atoms with van der Waals surface area (Å²) in [5, 5.41) is 3.45. The lowest BCUT2D eigenvalue weighted by Gasteiger charge is -2.22. The van der Waals surface area contributed by atoms with E-state index >= 15 is 0 Å². The highest BCUT2D eigenvalue weighted by Gasteiger charge is 2.24. The number of ether oxygens (including phenoxy) is 1. The van der Waals surface area contributed by atoms with Crippen LogP contribution in [0.15, 0.2) is 0 Å². The summed E-state index contributed by atoms with van der Waals surface area (Å²) >= 11 is 0. The van der Waals surface area contributed by atoms with Crippen LogP contribution in [0.4, 0.5) is 0 Å². The Hall–Kier alpha value is -0.870. The van der Waals surface area contributed by atoms with E-state index in [0.717, 1.165) is 50.7 Å². The number of rotatable bonds is 6. The Morgan fingerprint density at radius 2 is 1.73 bits per heavy atom. The molecule has 26 heavy (non-hydrogen) atoms. The number of hydrogen-bond donors (Lipinski definition) is 1. The van der Waals surface area contributed by atoms with Gasteiger partial charge in [-0.2, -0.15) is 4.98 Å². The van der Waals surface area contributed by atoms with Gasteiger partial charge in [0.1, 0.15) is 5.82 Å². The van der Waals surface area contributed by atoms with Gasteiger partial charge in [0.25, 0.3) is 0 Å². The Labute approximate surface area is 167 Å². The molecule has 0 aliphatic carbocycles.